The lowest BCUT2D eigenvalue weighted by Gasteiger charge is -2.34. The minimum atomic E-state index is -0.604. The Morgan fingerprint density at radius 3 is 2.47 bits per heavy atom. The molecule has 5 heteroatoms. The van der Waals surface area contributed by atoms with Gasteiger partial charge in [0, 0.05) is 26.7 Å². The van der Waals surface area contributed by atoms with Crippen molar-refractivity contribution >= 4 is 0 Å². The molecule has 1 rings (SSSR count). The van der Waals surface area contributed by atoms with Gasteiger partial charge in [0.2, 0.25) is 0 Å². The highest BCUT2D eigenvalue weighted by atomic mass is 16.5. The van der Waals surface area contributed by atoms with Crippen molar-refractivity contribution < 1.29 is 9.47 Å². The SMILES string of the molecule is C.COCCOCCN1CCC(N)(C#N)CC1. The number of nitrogens with zero attached hydrogens (tertiary/aromatic N) is 2. The van der Waals surface area contributed by atoms with E-state index in [9.17, 15) is 0 Å². The van der Waals surface area contributed by atoms with Crippen molar-refractivity contribution in [3.8, 4) is 6.07 Å². The molecule has 0 amide bonds. The van der Waals surface area contributed by atoms with E-state index >= 15 is 0 Å². The molecule has 1 fully saturated rings. The second-order valence-corrected chi connectivity index (χ2v) is 4.21. The Labute approximate surface area is 104 Å². The van der Waals surface area contributed by atoms with Crippen LogP contribution in [0.4, 0.5) is 0 Å². The quantitative estimate of drug-likeness (QED) is 0.692. The highest BCUT2D eigenvalue weighted by Crippen LogP contribution is 2.18. The van der Waals surface area contributed by atoms with E-state index in [-0.39, 0.29) is 7.43 Å². The molecule has 0 aromatic rings. The number of hydrogen-bond acceptors (Lipinski definition) is 5. The number of piperidine rings is 1. The van der Waals surface area contributed by atoms with E-state index < -0.39 is 5.54 Å². The fraction of sp³-hybridized carbons (Fsp3) is 0.917. The molecule has 0 aromatic carbocycles. The van der Waals surface area contributed by atoms with Crippen LogP contribution in [0.2, 0.25) is 0 Å². The average Bonchev–Trinajstić information content (AvgIpc) is 2.31. The maximum atomic E-state index is 8.88. The molecule has 100 valence electrons. The van der Waals surface area contributed by atoms with Crippen LogP contribution in [-0.2, 0) is 9.47 Å². The van der Waals surface area contributed by atoms with Crippen LogP contribution in [0, 0.1) is 11.3 Å². The van der Waals surface area contributed by atoms with Crippen LogP contribution in [0.15, 0.2) is 0 Å². The monoisotopic (exact) mass is 243 g/mol. The van der Waals surface area contributed by atoms with Gasteiger partial charge in [-0.2, -0.15) is 5.26 Å². The lowest BCUT2D eigenvalue weighted by Crippen LogP contribution is -2.49. The zero-order valence-electron chi connectivity index (χ0n) is 9.95. The van der Waals surface area contributed by atoms with E-state index in [1.165, 1.54) is 0 Å². The number of likely N-dealkylation sites (tertiary alicyclic amines) is 1. The summed E-state index contributed by atoms with van der Waals surface area (Å²) >= 11 is 0. The van der Waals surface area contributed by atoms with Crippen molar-refractivity contribution in [3.05, 3.63) is 0 Å². The van der Waals surface area contributed by atoms with Crippen molar-refractivity contribution in [1.29, 1.82) is 5.26 Å². The van der Waals surface area contributed by atoms with Crippen LogP contribution in [0.1, 0.15) is 20.3 Å². The van der Waals surface area contributed by atoms with Gasteiger partial charge in [-0.1, -0.05) is 7.43 Å². The Bertz CT molecular complexity index is 232. The first-order valence-corrected chi connectivity index (χ1v) is 5.69. The molecule has 0 aliphatic carbocycles. The van der Waals surface area contributed by atoms with E-state index in [0.29, 0.717) is 19.8 Å². The van der Waals surface area contributed by atoms with E-state index in [2.05, 4.69) is 11.0 Å². The third-order valence-electron chi connectivity index (χ3n) is 2.95. The number of ether oxygens (including phenoxy) is 2. The molecular weight excluding hydrogens is 218 g/mol. The Balaban J connectivity index is 0.00000256. The molecule has 0 aromatic heterocycles. The van der Waals surface area contributed by atoms with E-state index in [0.717, 1.165) is 32.5 Å². The molecule has 1 aliphatic heterocycles. The first-order valence-electron chi connectivity index (χ1n) is 5.69. The topological polar surface area (TPSA) is 71.5 Å². The zero-order chi connectivity index (χ0) is 11.9. The molecule has 0 saturated carbocycles. The van der Waals surface area contributed by atoms with Crippen LogP contribution >= 0.6 is 0 Å². The first kappa shape index (κ1) is 16.3. The van der Waals surface area contributed by atoms with Crippen LogP contribution in [0.3, 0.4) is 0 Å². The summed E-state index contributed by atoms with van der Waals surface area (Å²) in [7, 11) is 1.66. The minimum Gasteiger partial charge on any atom is -0.382 e. The fourth-order valence-electron chi connectivity index (χ4n) is 1.73. The molecular formula is C12H25N3O2. The molecule has 0 atom stereocenters. The zero-order valence-corrected chi connectivity index (χ0v) is 9.95. The van der Waals surface area contributed by atoms with E-state index in [1.807, 2.05) is 0 Å². The van der Waals surface area contributed by atoms with Gasteiger partial charge in [-0.25, -0.2) is 0 Å². The number of hydrogen-bond donors (Lipinski definition) is 1. The molecule has 2 N–H and O–H groups in total. The van der Waals surface area contributed by atoms with Gasteiger partial charge in [0.05, 0.1) is 25.9 Å². The van der Waals surface area contributed by atoms with E-state index in [1.54, 1.807) is 7.11 Å². The standard InChI is InChI=1S/C11H21N3O2.CH4/c1-15-8-9-16-7-6-14-4-2-11(13,10-12)3-5-14;/h2-9,13H2,1H3;1H4. The molecule has 1 aliphatic rings. The van der Waals surface area contributed by atoms with Crippen molar-refractivity contribution in [1.82, 2.24) is 4.90 Å². The number of nitrogens with two attached hydrogens (primary N) is 1. The summed E-state index contributed by atoms with van der Waals surface area (Å²) in [6.45, 7) is 4.68. The maximum Gasteiger partial charge on any atom is 0.106 e. The molecule has 5 nitrogen and oxygen atoms in total. The molecule has 17 heavy (non-hydrogen) atoms. The van der Waals surface area contributed by atoms with Gasteiger partial charge in [-0.3, -0.25) is 0 Å². The number of rotatable bonds is 6. The summed E-state index contributed by atoms with van der Waals surface area (Å²) in [4.78, 5) is 2.29. The Morgan fingerprint density at radius 2 is 1.94 bits per heavy atom. The van der Waals surface area contributed by atoms with Crippen molar-refractivity contribution in [2.45, 2.75) is 25.8 Å². The molecule has 1 heterocycles. The number of methoxy groups -OCH3 is 1. The minimum absolute atomic E-state index is 0. The van der Waals surface area contributed by atoms with Crippen molar-refractivity contribution in [2.75, 3.05) is 46.6 Å². The van der Waals surface area contributed by atoms with Crippen LogP contribution in [0.25, 0.3) is 0 Å². The second-order valence-electron chi connectivity index (χ2n) is 4.21. The third kappa shape index (κ3) is 5.99. The first-order chi connectivity index (χ1) is 7.70. The smallest absolute Gasteiger partial charge is 0.106 e. The summed E-state index contributed by atoms with van der Waals surface area (Å²) in [5.41, 5.74) is 5.28. The van der Waals surface area contributed by atoms with Gasteiger partial charge >= 0.3 is 0 Å². The summed E-state index contributed by atoms with van der Waals surface area (Å²) in [5.74, 6) is 0. The molecule has 0 radical (unpaired) electrons. The lowest BCUT2D eigenvalue weighted by molar-refractivity contribution is 0.0515. The summed E-state index contributed by atoms with van der Waals surface area (Å²) in [5, 5.41) is 8.88. The van der Waals surface area contributed by atoms with Crippen molar-refractivity contribution in [2.24, 2.45) is 5.73 Å². The van der Waals surface area contributed by atoms with Gasteiger partial charge in [-0.15, -0.1) is 0 Å². The van der Waals surface area contributed by atoms with Crippen molar-refractivity contribution in [3.63, 3.8) is 0 Å². The predicted molar refractivity (Wildman–Crippen MR) is 67.6 cm³/mol. The largest absolute Gasteiger partial charge is 0.382 e. The third-order valence-corrected chi connectivity index (χ3v) is 2.95. The summed E-state index contributed by atoms with van der Waals surface area (Å²) in [6, 6.07) is 2.19. The highest BCUT2D eigenvalue weighted by molar-refractivity contribution is 5.07. The normalized spacial score (nSPS) is 19.4. The fourth-order valence-corrected chi connectivity index (χ4v) is 1.73. The van der Waals surface area contributed by atoms with E-state index in [4.69, 9.17) is 20.5 Å². The summed E-state index contributed by atoms with van der Waals surface area (Å²) in [6.07, 6.45) is 1.50. The lowest BCUT2D eigenvalue weighted by atomic mass is 9.90. The molecule has 0 unspecified atom stereocenters. The average molecular weight is 243 g/mol. The summed E-state index contributed by atoms with van der Waals surface area (Å²) < 4.78 is 10.3. The number of nitriles is 1. The predicted octanol–water partition coefficient (Wildman–Crippen LogP) is 0.602. The van der Waals surface area contributed by atoms with Crippen LogP contribution in [-0.4, -0.2) is 57.0 Å². The molecule has 0 spiro atoms. The Hall–Kier alpha value is -0.670. The van der Waals surface area contributed by atoms with Gasteiger partial charge in [-0.05, 0) is 12.8 Å². The van der Waals surface area contributed by atoms with Gasteiger partial charge in [0.25, 0.3) is 0 Å². The van der Waals surface area contributed by atoms with Gasteiger partial charge in [0.15, 0.2) is 0 Å². The Kier molecular flexibility index (Phi) is 8.09. The molecule has 0 bridgehead atoms. The van der Waals surface area contributed by atoms with Gasteiger partial charge < -0.3 is 20.1 Å². The van der Waals surface area contributed by atoms with Crippen LogP contribution < -0.4 is 5.73 Å². The Morgan fingerprint density at radius 1 is 1.29 bits per heavy atom. The van der Waals surface area contributed by atoms with Gasteiger partial charge in [0.1, 0.15) is 5.54 Å². The highest BCUT2D eigenvalue weighted by Gasteiger charge is 2.30. The van der Waals surface area contributed by atoms with Crippen LogP contribution in [0.5, 0.6) is 0 Å². The second kappa shape index (κ2) is 8.43. The maximum absolute atomic E-state index is 8.88. The molecule has 1 saturated heterocycles.